The molecule has 2 atom stereocenters. The van der Waals surface area contributed by atoms with Crippen LogP contribution in [0.4, 0.5) is 0 Å². The highest BCUT2D eigenvalue weighted by Gasteiger charge is 2.24. The van der Waals surface area contributed by atoms with Crippen molar-refractivity contribution < 1.29 is 4.74 Å². The van der Waals surface area contributed by atoms with Crippen molar-refractivity contribution in [3.05, 3.63) is 18.0 Å². The van der Waals surface area contributed by atoms with Crippen molar-refractivity contribution in [1.29, 1.82) is 0 Å². The van der Waals surface area contributed by atoms with Crippen molar-refractivity contribution in [3.63, 3.8) is 0 Å². The first-order valence-corrected chi connectivity index (χ1v) is 7.03. The lowest BCUT2D eigenvalue weighted by atomic mass is 9.98. The third-order valence-electron chi connectivity index (χ3n) is 3.66. The summed E-state index contributed by atoms with van der Waals surface area (Å²) in [6.45, 7) is 5.20. The topological polar surface area (TPSA) is 39.1 Å². The maximum atomic E-state index is 5.86. The van der Waals surface area contributed by atoms with Crippen molar-refractivity contribution >= 4 is 0 Å². The molecule has 0 aliphatic carbocycles. The van der Waals surface area contributed by atoms with Gasteiger partial charge in [0.1, 0.15) is 0 Å². The lowest BCUT2D eigenvalue weighted by Gasteiger charge is -2.29. The molecule has 1 saturated heterocycles. The second-order valence-electron chi connectivity index (χ2n) is 5.39. The van der Waals surface area contributed by atoms with E-state index in [1.807, 2.05) is 11.7 Å². The third kappa shape index (κ3) is 3.33. The Labute approximate surface area is 110 Å². The minimum atomic E-state index is 0.341. The molecule has 4 nitrogen and oxygen atoms in total. The molecule has 0 spiro atoms. The van der Waals surface area contributed by atoms with Crippen molar-refractivity contribution in [3.8, 4) is 0 Å². The summed E-state index contributed by atoms with van der Waals surface area (Å²) in [5.74, 6) is 0. The highest BCUT2D eigenvalue weighted by Crippen LogP contribution is 2.18. The highest BCUT2D eigenvalue weighted by atomic mass is 16.5. The van der Waals surface area contributed by atoms with E-state index in [2.05, 4.69) is 36.5 Å². The minimum absolute atomic E-state index is 0.341. The summed E-state index contributed by atoms with van der Waals surface area (Å²) in [7, 11) is 2.02. The Kier molecular flexibility index (Phi) is 4.78. The number of rotatable bonds is 5. The van der Waals surface area contributed by atoms with E-state index in [0.29, 0.717) is 18.2 Å². The zero-order valence-corrected chi connectivity index (χ0v) is 11.7. The zero-order valence-electron chi connectivity index (χ0n) is 11.7. The maximum absolute atomic E-state index is 5.86. The van der Waals surface area contributed by atoms with Crippen LogP contribution in [0, 0.1) is 0 Å². The normalized spacial score (nSPS) is 22.3. The average Bonchev–Trinajstić information content (AvgIpc) is 2.86. The number of nitrogens with one attached hydrogen (secondary N) is 1. The monoisotopic (exact) mass is 251 g/mol. The molecule has 2 rings (SSSR count). The van der Waals surface area contributed by atoms with Crippen LogP contribution >= 0.6 is 0 Å². The van der Waals surface area contributed by atoms with Gasteiger partial charge >= 0.3 is 0 Å². The number of hydrogen-bond acceptors (Lipinski definition) is 3. The zero-order chi connectivity index (χ0) is 13.0. The van der Waals surface area contributed by atoms with Gasteiger partial charge in [-0.1, -0.05) is 0 Å². The summed E-state index contributed by atoms with van der Waals surface area (Å²) in [4.78, 5) is 0. The number of hydrogen-bond donors (Lipinski definition) is 1. The Morgan fingerprint density at radius 2 is 2.33 bits per heavy atom. The van der Waals surface area contributed by atoms with E-state index in [1.165, 1.54) is 12.8 Å². The molecule has 0 radical (unpaired) electrons. The molecule has 0 amide bonds. The van der Waals surface area contributed by atoms with Crippen LogP contribution in [0.2, 0.25) is 0 Å². The van der Waals surface area contributed by atoms with E-state index < -0.39 is 0 Å². The standard InChI is InChI=1S/C14H25N3O/c1-11(2)17-8-7-12(16-17)10-13(15-3)14-6-4-5-9-18-14/h7-8,11,13-15H,4-6,9-10H2,1-3H3. The molecule has 2 heterocycles. The molecule has 0 aromatic carbocycles. The van der Waals surface area contributed by atoms with Crippen LogP contribution in [0.25, 0.3) is 0 Å². The van der Waals surface area contributed by atoms with E-state index >= 15 is 0 Å². The van der Waals surface area contributed by atoms with Crippen LogP contribution in [0.1, 0.15) is 44.8 Å². The second-order valence-corrected chi connectivity index (χ2v) is 5.39. The summed E-state index contributed by atoms with van der Waals surface area (Å²) in [5.41, 5.74) is 1.15. The summed E-state index contributed by atoms with van der Waals surface area (Å²) in [6, 6.07) is 2.92. The number of likely N-dealkylation sites (N-methyl/N-ethyl adjacent to an activating group) is 1. The van der Waals surface area contributed by atoms with Crippen molar-refractivity contribution in [2.75, 3.05) is 13.7 Å². The molecule has 0 saturated carbocycles. The van der Waals surface area contributed by atoms with Crippen LogP contribution in [0.5, 0.6) is 0 Å². The van der Waals surface area contributed by atoms with Gasteiger partial charge in [-0.2, -0.15) is 5.10 Å². The smallest absolute Gasteiger partial charge is 0.0731 e. The number of nitrogens with zero attached hydrogens (tertiary/aromatic N) is 2. The summed E-state index contributed by atoms with van der Waals surface area (Å²) in [5, 5.41) is 8.00. The SMILES string of the molecule is CNC(Cc1ccn(C(C)C)n1)C1CCCCO1. The van der Waals surface area contributed by atoms with Gasteiger partial charge in [-0.25, -0.2) is 0 Å². The first-order valence-electron chi connectivity index (χ1n) is 7.03. The van der Waals surface area contributed by atoms with Gasteiger partial charge in [-0.05, 0) is 46.2 Å². The van der Waals surface area contributed by atoms with Crippen LogP contribution in [-0.4, -0.2) is 35.6 Å². The Bertz CT molecular complexity index is 356. The molecular weight excluding hydrogens is 226 g/mol. The Balaban J connectivity index is 1.95. The molecule has 1 aliphatic heterocycles. The Morgan fingerprint density at radius 3 is 2.89 bits per heavy atom. The Hall–Kier alpha value is -0.870. The highest BCUT2D eigenvalue weighted by molar-refractivity contribution is 5.03. The van der Waals surface area contributed by atoms with Gasteiger partial charge in [-0.15, -0.1) is 0 Å². The minimum Gasteiger partial charge on any atom is -0.377 e. The van der Waals surface area contributed by atoms with Crippen molar-refractivity contribution in [1.82, 2.24) is 15.1 Å². The van der Waals surface area contributed by atoms with Gasteiger partial charge in [0.05, 0.1) is 11.8 Å². The third-order valence-corrected chi connectivity index (χ3v) is 3.66. The van der Waals surface area contributed by atoms with E-state index in [-0.39, 0.29) is 0 Å². The van der Waals surface area contributed by atoms with Gasteiger partial charge in [-0.3, -0.25) is 4.68 Å². The molecule has 2 unspecified atom stereocenters. The van der Waals surface area contributed by atoms with Crippen LogP contribution < -0.4 is 5.32 Å². The van der Waals surface area contributed by atoms with E-state index in [9.17, 15) is 0 Å². The molecule has 1 aromatic heterocycles. The average molecular weight is 251 g/mol. The molecular formula is C14H25N3O. The van der Waals surface area contributed by atoms with Crippen molar-refractivity contribution in [2.24, 2.45) is 0 Å². The molecule has 1 aromatic rings. The number of aromatic nitrogens is 2. The van der Waals surface area contributed by atoms with E-state index in [4.69, 9.17) is 4.74 Å². The molecule has 1 N–H and O–H groups in total. The lowest BCUT2D eigenvalue weighted by molar-refractivity contribution is -0.00608. The van der Waals surface area contributed by atoms with Gasteiger partial charge in [0.2, 0.25) is 0 Å². The van der Waals surface area contributed by atoms with Crippen molar-refractivity contribution in [2.45, 2.75) is 57.7 Å². The predicted octanol–water partition coefficient (Wildman–Crippen LogP) is 2.16. The molecule has 0 bridgehead atoms. The molecule has 1 fully saturated rings. The van der Waals surface area contributed by atoms with E-state index in [0.717, 1.165) is 25.1 Å². The molecule has 4 heteroatoms. The first-order chi connectivity index (χ1) is 8.70. The fourth-order valence-electron chi connectivity index (χ4n) is 2.50. The molecule has 102 valence electrons. The first kappa shape index (κ1) is 13.6. The van der Waals surface area contributed by atoms with Crippen LogP contribution in [0.3, 0.4) is 0 Å². The fraction of sp³-hybridized carbons (Fsp3) is 0.786. The Morgan fingerprint density at radius 1 is 1.50 bits per heavy atom. The van der Waals surface area contributed by atoms with Crippen LogP contribution in [-0.2, 0) is 11.2 Å². The summed E-state index contributed by atoms with van der Waals surface area (Å²) >= 11 is 0. The fourth-order valence-corrected chi connectivity index (χ4v) is 2.50. The maximum Gasteiger partial charge on any atom is 0.0731 e. The second kappa shape index (κ2) is 6.34. The largest absolute Gasteiger partial charge is 0.377 e. The quantitative estimate of drug-likeness (QED) is 0.871. The summed E-state index contributed by atoms with van der Waals surface area (Å²) in [6.07, 6.45) is 7.00. The van der Waals surface area contributed by atoms with Gasteiger partial charge in [0, 0.05) is 31.3 Å². The summed E-state index contributed by atoms with van der Waals surface area (Å²) < 4.78 is 7.88. The van der Waals surface area contributed by atoms with Gasteiger partial charge in [0.25, 0.3) is 0 Å². The van der Waals surface area contributed by atoms with Gasteiger partial charge < -0.3 is 10.1 Å². The van der Waals surface area contributed by atoms with E-state index in [1.54, 1.807) is 0 Å². The molecule has 1 aliphatic rings. The van der Waals surface area contributed by atoms with Gasteiger partial charge in [0.15, 0.2) is 0 Å². The number of ether oxygens (including phenoxy) is 1. The predicted molar refractivity (Wildman–Crippen MR) is 72.8 cm³/mol. The van der Waals surface area contributed by atoms with Crippen LogP contribution in [0.15, 0.2) is 12.3 Å². The molecule has 18 heavy (non-hydrogen) atoms. The lowest BCUT2D eigenvalue weighted by Crippen LogP contribution is -2.42.